The van der Waals surface area contributed by atoms with Gasteiger partial charge in [0.05, 0.1) is 16.4 Å². The predicted octanol–water partition coefficient (Wildman–Crippen LogP) is 2.00. The first-order valence-corrected chi connectivity index (χ1v) is 10.2. The molecule has 3 N–H and O–H groups in total. The number of carbonyl (C=O) groups is 1. The van der Waals surface area contributed by atoms with E-state index in [2.05, 4.69) is 5.32 Å². The number of nitrogens with two attached hydrogens (primary N) is 1. The third kappa shape index (κ3) is 4.97. The molecule has 2 rings (SSSR count). The molecule has 6 nitrogen and oxygen atoms in total. The van der Waals surface area contributed by atoms with Crippen LogP contribution < -0.4 is 11.1 Å². The van der Waals surface area contributed by atoms with Crippen LogP contribution in [0.3, 0.4) is 0 Å². The van der Waals surface area contributed by atoms with E-state index in [1.165, 1.54) is 4.31 Å². The second-order valence-corrected chi connectivity index (χ2v) is 9.22. The van der Waals surface area contributed by atoms with E-state index in [4.69, 9.17) is 5.73 Å². The summed E-state index contributed by atoms with van der Waals surface area (Å²) in [6.45, 7) is 6.95. The van der Waals surface area contributed by atoms with E-state index in [-0.39, 0.29) is 41.6 Å². The molecule has 148 valence electrons. The summed E-state index contributed by atoms with van der Waals surface area (Å²) in [4.78, 5) is 13.0. The largest absolute Gasteiger partial charge is 0.349 e. The van der Waals surface area contributed by atoms with Gasteiger partial charge in [-0.2, -0.15) is 4.31 Å². The van der Waals surface area contributed by atoms with Crippen LogP contribution in [0.15, 0.2) is 35.2 Å². The predicted molar refractivity (Wildman–Crippen MR) is 106 cm³/mol. The molecule has 0 aromatic heterocycles. The van der Waals surface area contributed by atoms with Crippen LogP contribution in [0.5, 0.6) is 0 Å². The van der Waals surface area contributed by atoms with Crippen molar-refractivity contribution in [2.75, 3.05) is 19.6 Å². The van der Waals surface area contributed by atoms with Gasteiger partial charge in [0.25, 0.3) is 0 Å². The highest BCUT2D eigenvalue weighted by atomic mass is 35.5. The van der Waals surface area contributed by atoms with Gasteiger partial charge in [-0.1, -0.05) is 32.0 Å². The highest BCUT2D eigenvalue weighted by Gasteiger charge is 2.36. The SMILES string of the molecule is CC(C)C(C)(CN)NC(=O)C1CCCN(S(=O)(=O)c2ccccc2)C1.Cl. The smallest absolute Gasteiger partial charge is 0.243 e. The van der Waals surface area contributed by atoms with Crippen molar-refractivity contribution >= 4 is 28.3 Å². The number of hydrogen-bond acceptors (Lipinski definition) is 4. The second kappa shape index (κ2) is 9.17. The molecule has 1 amide bonds. The van der Waals surface area contributed by atoms with Crippen molar-refractivity contribution in [3.05, 3.63) is 30.3 Å². The lowest BCUT2D eigenvalue weighted by atomic mass is 9.87. The molecule has 1 heterocycles. The molecule has 2 atom stereocenters. The number of rotatable bonds is 6. The zero-order valence-corrected chi connectivity index (χ0v) is 17.3. The lowest BCUT2D eigenvalue weighted by molar-refractivity contribution is -0.128. The summed E-state index contributed by atoms with van der Waals surface area (Å²) in [5.74, 6) is -0.277. The number of piperidine rings is 1. The molecule has 0 radical (unpaired) electrons. The van der Waals surface area contributed by atoms with E-state index < -0.39 is 15.6 Å². The zero-order valence-electron chi connectivity index (χ0n) is 15.6. The number of hydrogen-bond donors (Lipinski definition) is 2. The molecule has 1 saturated heterocycles. The Hall–Kier alpha value is -1.15. The third-order valence-electron chi connectivity index (χ3n) is 5.24. The molecule has 0 aliphatic carbocycles. The van der Waals surface area contributed by atoms with Gasteiger partial charge in [-0.3, -0.25) is 4.79 Å². The highest BCUT2D eigenvalue weighted by molar-refractivity contribution is 7.89. The summed E-state index contributed by atoms with van der Waals surface area (Å²) in [6, 6.07) is 8.37. The van der Waals surface area contributed by atoms with Gasteiger partial charge in [0.15, 0.2) is 0 Å². The molecular formula is C18H30ClN3O3S. The highest BCUT2D eigenvalue weighted by Crippen LogP contribution is 2.25. The summed E-state index contributed by atoms with van der Waals surface area (Å²) >= 11 is 0. The lowest BCUT2D eigenvalue weighted by Crippen LogP contribution is -2.58. The molecule has 1 aromatic carbocycles. The Kier molecular flexibility index (Phi) is 8.07. The molecule has 26 heavy (non-hydrogen) atoms. The van der Waals surface area contributed by atoms with Gasteiger partial charge in [-0.25, -0.2) is 8.42 Å². The van der Waals surface area contributed by atoms with Crippen LogP contribution >= 0.6 is 12.4 Å². The van der Waals surface area contributed by atoms with Crippen molar-refractivity contribution in [2.45, 2.75) is 44.0 Å². The van der Waals surface area contributed by atoms with Crippen LogP contribution in [0.4, 0.5) is 0 Å². The minimum atomic E-state index is -3.57. The van der Waals surface area contributed by atoms with Gasteiger partial charge in [0.2, 0.25) is 15.9 Å². The van der Waals surface area contributed by atoms with Crippen LogP contribution in [-0.4, -0.2) is 43.8 Å². The molecular weight excluding hydrogens is 374 g/mol. The van der Waals surface area contributed by atoms with E-state index in [0.717, 1.165) is 0 Å². The molecule has 1 fully saturated rings. The van der Waals surface area contributed by atoms with Gasteiger partial charge < -0.3 is 11.1 Å². The van der Waals surface area contributed by atoms with Gasteiger partial charge in [-0.15, -0.1) is 12.4 Å². The van der Waals surface area contributed by atoms with Crippen molar-refractivity contribution in [2.24, 2.45) is 17.6 Å². The quantitative estimate of drug-likeness (QED) is 0.759. The van der Waals surface area contributed by atoms with E-state index in [9.17, 15) is 13.2 Å². The van der Waals surface area contributed by atoms with Crippen LogP contribution in [0.25, 0.3) is 0 Å². The minimum Gasteiger partial charge on any atom is -0.349 e. The van der Waals surface area contributed by atoms with Crippen molar-refractivity contribution in [1.29, 1.82) is 0 Å². The molecule has 0 saturated carbocycles. The maximum atomic E-state index is 12.8. The maximum absolute atomic E-state index is 12.8. The number of carbonyl (C=O) groups excluding carboxylic acids is 1. The molecule has 1 aromatic rings. The fourth-order valence-electron chi connectivity index (χ4n) is 2.93. The van der Waals surface area contributed by atoms with Crippen molar-refractivity contribution in [3.63, 3.8) is 0 Å². The Morgan fingerprint density at radius 2 is 1.96 bits per heavy atom. The molecule has 0 bridgehead atoms. The summed E-state index contributed by atoms with van der Waals surface area (Å²) in [5, 5.41) is 3.04. The zero-order chi connectivity index (χ0) is 18.7. The number of benzene rings is 1. The van der Waals surface area contributed by atoms with Gasteiger partial charge in [0.1, 0.15) is 0 Å². The number of amides is 1. The van der Waals surface area contributed by atoms with Gasteiger partial charge >= 0.3 is 0 Å². The molecule has 1 aliphatic heterocycles. The monoisotopic (exact) mass is 403 g/mol. The first-order valence-electron chi connectivity index (χ1n) is 8.78. The van der Waals surface area contributed by atoms with E-state index in [1.807, 2.05) is 20.8 Å². The summed E-state index contributed by atoms with van der Waals surface area (Å²) in [7, 11) is -3.57. The molecule has 8 heteroatoms. The Morgan fingerprint density at radius 3 is 2.50 bits per heavy atom. The number of nitrogens with one attached hydrogen (secondary N) is 1. The van der Waals surface area contributed by atoms with E-state index >= 15 is 0 Å². The second-order valence-electron chi connectivity index (χ2n) is 7.28. The van der Waals surface area contributed by atoms with Crippen molar-refractivity contribution < 1.29 is 13.2 Å². The van der Waals surface area contributed by atoms with Crippen LogP contribution in [-0.2, 0) is 14.8 Å². The Morgan fingerprint density at radius 1 is 1.35 bits per heavy atom. The van der Waals surface area contributed by atoms with Gasteiger partial charge in [-0.05, 0) is 37.8 Å². The normalized spacial score (nSPS) is 20.9. The molecule has 1 aliphatic rings. The number of halogens is 1. The molecule has 2 unspecified atom stereocenters. The summed E-state index contributed by atoms with van der Waals surface area (Å²) in [6.07, 6.45) is 1.36. The van der Waals surface area contributed by atoms with E-state index in [0.29, 0.717) is 25.9 Å². The topological polar surface area (TPSA) is 92.5 Å². The lowest BCUT2D eigenvalue weighted by Gasteiger charge is -2.37. The molecule has 0 spiro atoms. The van der Waals surface area contributed by atoms with Gasteiger partial charge in [0, 0.05) is 19.6 Å². The Labute approximate surface area is 163 Å². The third-order valence-corrected chi connectivity index (χ3v) is 7.12. The Bertz CT molecular complexity index is 697. The van der Waals surface area contributed by atoms with Crippen LogP contribution in [0.1, 0.15) is 33.6 Å². The average molecular weight is 404 g/mol. The van der Waals surface area contributed by atoms with Crippen LogP contribution in [0.2, 0.25) is 0 Å². The first kappa shape index (κ1) is 22.9. The standard InChI is InChI=1S/C18H29N3O3S.ClH/c1-14(2)18(3,13-19)20-17(22)15-8-7-11-21(12-15)25(23,24)16-9-5-4-6-10-16;/h4-6,9-10,14-15H,7-8,11-13,19H2,1-3H3,(H,20,22);1H. The summed E-state index contributed by atoms with van der Waals surface area (Å²) < 4.78 is 27.0. The van der Waals surface area contributed by atoms with Crippen molar-refractivity contribution in [3.8, 4) is 0 Å². The fourth-order valence-corrected chi connectivity index (χ4v) is 4.48. The minimum absolute atomic E-state index is 0. The fraction of sp³-hybridized carbons (Fsp3) is 0.611. The summed E-state index contributed by atoms with van der Waals surface area (Å²) in [5.41, 5.74) is 5.35. The van der Waals surface area contributed by atoms with E-state index in [1.54, 1.807) is 30.3 Å². The van der Waals surface area contributed by atoms with Crippen molar-refractivity contribution in [1.82, 2.24) is 9.62 Å². The Balaban J connectivity index is 0.00000338. The average Bonchev–Trinajstić information content (AvgIpc) is 2.62. The maximum Gasteiger partial charge on any atom is 0.243 e. The number of sulfonamides is 1. The first-order chi connectivity index (χ1) is 11.7. The van der Waals surface area contributed by atoms with Crippen LogP contribution in [0, 0.1) is 11.8 Å². The number of nitrogens with zero attached hydrogens (tertiary/aromatic N) is 1.